The summed E-state index contributed by atoms with van der Waals surface area (Å²) in [5, 5.41) is 6.92. The van der Waals surface area contributed by atoms with Crippen LogP contribution in [0, 0.1) is 0 Å². The second kappa shape index (κ2) is 6.21. The Morgan fingerprint density at radius 1 is 1.28 bits per heavy atom. The first-order valence-electron chi connectivity index (χ1n) is 6.18. The summed E-state index contributed by atoms with van der Waals surface area (Å²) in [4.78, 5) is 11.4. The van der Waals surface area contributed by atoms with Crippen LogP contribution in [0.2, 0.25) is 0 Å². The quantitative estimate of drug-likeness (QED) is 0.815. The number of furan rings is 1. The number of benzene rings is 1. The normalized spacial score (nSPS) is 10.7. The van der Waals surface area contributed by atoms with E-state index in [1.54, 1.807) is 0 Å². The van der Waals surface area contributed by atoms with Gasteiger partial charge in [-0.1, -0.05) is 18.2 Å². The molecule has 0 aliphatic heterocycles. The van der Waals surface area contributed by atoms with Crippen LogP contribution >= 0.6 is 0 Å². The first-order valence-corrected chi connectivity index (χ1v) is 6.18. The third-order valence-corrected chi connectivity index (χ3v) is 2.77. The highest BCUT2D eigenvalue weighted by molar-refractivity contribution is 5.78. The van der Waals surface area contributed by atoms with Crippen LogP contribution < -0.4 is 10.6 Å². The second-order valence-corrected chi connectivity index (χ2v) is 4.20. The highest BCUT2D eigenvalue weighted by Gasteiger charge is 2.04. The van der Waals surface area contributed by atoms with Crippen LogP contribution in [0.15, 0.2) is 34.7 Å². The maximum absolute atomic E-state index is 11.4. The molecular formula is C14H18N2O2. The lowest BCUT2D eigenvalue weighted by molar-refractivity contribution is -0.120. The van der Waals surface area contributed by atoms with E-state index in [0.29, 0.717) is 19.5 Å². The Morgan fingerprint density at radius 2 is 2.11 bits per heavy atom. The van der Waals surface area contributed by atoms with Crippen LogP contribution in [0.5, 0.6) is 0 Å². The maximum Gasteiger partial charge on any atom is 0.221 e. The lowest BCUT2D eigenvalue weighted by Crippen LogP contribution is -2.28. The van der Waals surface area contributed by atoms with E-state index in [2.05, 4.69) is 10.6 Å². The van der Waals surface area contributed by atoms with Gasteiger partial charge in [0, 0.05) is 31.3 Å². The zero-order valence-electron chi connectivity index (χ0n) is 10.5. The van der Waals surface area contributed by atoms with Crippen LogP contribution in [-0.4, -0.2) is 26.0 Å². The van der Waals surface area contributed by atoms with Gasteiger partial charge in [-0.3, -0.25) is 4.79 Å². The van der Waals surface area contributed by atoms with Crippen LogP contribution in [0.4, 0.5) is 0 Å². The van der Waals surface area contributed by atoms with Gasteiger partial charge in [-0.2, -0.15) is 0 Å². The molecule has 2 N–H and O–H groups in total. The molecule has 4 heteroatoms. The Morgan fingerprint density at radius 3 is 2.89 bits per heavy atom. The second-order valence-electron chi connectivity index (χ2n) is 4.20. The minimum absolute atomic E-state index is 0.0699. The molecule has 0 spiro atoms. The van der Waals surface area contributed by atoms with E-state index in [1.165, 1.54) is 0 Å². The maximum atomic E-state index is 11.4. The van der Waals surface area contributed by atoms with Crippen molar-refractivity contribution in [2.24, 2.45) is 0 Å². The molecule has 2 rings (SSSR count). The Balaban J connectivity index is 1.81. The van der Waals surface area contributed by atoms with Gasteiger partial charge >= 0.3 is 0 Å². The Labute approximate surface area is 106 Å². The highest BCUT2D eigenvalue weighted by atomic mass is 16.3. The number of carbonyl (C=O) groups is 1. The molecule has 0 unspecified atom stereocenters. The molecular weight excluding hydrogens is 228 g/mol. The molecule has 18 heavy (non-hydrogen) atoms. The molecule has 0 fully saturated rings. The third-order valence-electron chi connectivity index (χ3n) is 2.77. The predicted molar refractivity (Wildman–Crippen MR) is 71.5 cm³/mol. The summed E-state index contributed by atoms with van der Waals surface area (Å²) in [7, 11) is 1.84. The number of rotatable bonds is 6. The summed E-state index contributed by atoms with van der Waals surface area (Å²) in [5.41, 5.74) is 0.897. The lowest BCUT2D eigenvalue weighted by Gasteiger charge is -2.03. The molecule has 4 nitrogen and oxygen atoms in total. The minimum atomic E-state index is 0.0699. The van der Waals surface area contributed by atoms with E-state index >= 15 is 0 Å². The zero-order chi connectivity index (χ0) is 12.8. The summed E-state index contributed by atoms with van der Waals surface area (Å²) < 4.78 is 5.67. The number of fused-ring (bicyclic) bond motifs is 1. The van der Waals surface area contributed by atoms with Gasteiger partial charge in [-0.25, -0.2) is 0 Å². The van der Waals surface area contributed by atoms with Gasteiger partial charge in [0.1, 0.15) is 11.3 Å². The molecule has 96 valence electrons. The molecule has 1 heterocycles. The van der Waals surface area contributed by atoms with Crippen LogP contribution in [0.1, 0.15) is 12.2 Å². The minimum Gasteiger partial charge on any atom is -0.461 e. The monoisotopic (exact) mass is 246 g/mol. The van der Waals surface area contributed by atoms with Gasteiger partial charge in [0.15, 0.2) is 0 Å². The van der Waals surface area contributed by atoms with E-state index < -0.39 is 0 Å². The van der Waals surface area contributed by atoms with Crippen molar-refractivity contribution in [2.75, 3.05) is 20.1 Å². The average molecular weight is 246 g/mol. The van der Waals surface area contributed by atoms with Gasteiger partial charge in [-0.15, -0.1) is 0 Å². The summed E-state index contributed by atoms with van der Waals surface area (Å²) in [6, 6.07) is 9.93. The van der Waals surface area contributed by atoms with Crippen molar-refractivity contribution in [2.45, 2.75) is 12.8 Å². The lowest BCUT2D eigenvalue weighted by atomic mass is 10.2. The summed E-state index contributed by atoms with van der Waals surface area (Å²) in [6.07, 6.45) is 1.23. The van der Waals surface area contributed by atoms with Gasteiger partial charge in [-0.05, 0) is 19.2 Å². The standard InChI is InChI=1S/C14H18N2O2/c1-15-8-7-14(17)16-9-6-12-10-11-4-2-3-5-13(11)18-12/h2-5,10,15H,6-9H2,1H3,(H,16,17). The van der Waals surface area contributed by atoms with E-state index in [1.807, 2.05) is 37.4 Å². The Kier molecular flexibility index (Phi) is 4.36. The van der Waals surface area contributed by atoms with Crippen molar-refractivity contribution in [3.63, 3.8) is 0 Å². The number of amides is 1. The van der Waals surface area contributed by atoms with E-state index in [9.17, 15) is 4.79 Å². The number of hydrogen-bond acceptors (Lipinski definition) is 3. The Bertz CT molecular complexity index is 486. The highest BCUT2D eigenvalue weighted by Crippen LogP contribution is 2.18. The molecule has 2 aromatic rings. The van der Waals surface area contributed by atoms with Crippen LogP contribution in [-0.2, 0) is 11.2 Å². The molecule has 0 saturated heterocycles. The Hall–Kier alpha value is -1.81. The molecule has 0 bridgehead atoms. The number of carbonyl (C=O) groups excluding carboxylic acids is 1. The van der Waals surface area contributed by atoms with Gasteiger partial charge in [0.05, 0.1) is 0 Å². The smallest absolute Gasteiger partial charge is 0.221 e. The van der Waals surface area contributed by atoms with Crippen molar-refractivity contribution >= 4 is 16.9 Å². The molecule has 1 amide bonds. The first kappa shape index (κ1) is 12.6. The van der Waals surface area contributed by atoms with Crippen LogP contribution in [0.25, 0.3) is 11.0 Å². The van der Waals surface area contributed by atoms with Gasteiger partial charge in [0.25, 0.3) is 0 Å². The molecule has 0 saturated carbocycles. The molecule has 0 atom stereocenters. The molecule has 0 aliphatic carbocycles. The van der Waals surface area contributed by atoms with E-state index in [0.717, 1.165) is 23.2 Å². The van der Waals surface area contributed by atoms with Gasteiger partial charge < -0.3 is 15.1 Å². The first-order chi connectivity index (χ1) is 8.79. The average Bonchev–Trinajstić information content (AvgIpc) is 2.79. The summed E-state index contributed by atoms with van der Waals surface area (Å²) >= 11 is 0. The summed E-state index contributed by atoms with van der Waals surface area (Å²) in [6.45, 7) is 1.32. The van der Waals surface area contributed by atoms with Crippen molar-refractivity contribution in [3.8, 4) is 0 Å². The van der Waals surface area contributed by atoms with E-state index in [4.69, 9.17) is 4.42 Å². The van der Waals surface area contributed by atoms with Gasteiger partial charge in [0.2, 0.25) is 5.91 Å². The summed E-state index contributed by atoms with van der Waals surface area (Å²) in [5.74, 6) is 0.977. The fraction of sp³-hybridized carbons (Fsp3) is 0.357. The van der Waals surface area contributed by atoms with Crippen molar-refractivity contribution in [3.05, 3.63) is 36.1 Å². The molecule has 1 aromatic carbocycles. The molecule has 0 radical (unpaired) electrons. The van der Waals surface area contributed by atoms with Crippen molar-refractivity contribution in [1.29, 1.82) is 0 Å². The van der Waals surface area contributed by atoms with Crippen LogP contribution in [0.3, 0.4) is 0 Å². The SMILES string of the molecule is CNCCC(=O)NCCc1cc2ccccc2o1. The largest absolute Gasteiger partial charge is 0.461 e. The van der Waals surface area contributed by atoms with Crippen molar-refractivity contribution in [1.82, 2.24) is 10.6 Å². The fourth-order valence-corrected chi connectivity index (χ4v) is 1.81. The van der Waals surface area contributed by atoms with Crippen molar-refractivity contribution < 1.29 is 9.21 Å². The predicted octanol–water partition coefficient (Wildman–Crippen LogP) is 1.70. The van der Waals surface area contributed by atoms with E-state index in [-0.39, 0.29) is 5.91 Å². The fourth-order valence-electron chi connectivity index (χ4n) is 1.81. The molecule has 0 aliphatic rings. The topological polar surface area (TPSA) is 54.3 Å². The number of para-hydroxylation sites is 1. The molecule has 1 aromatic heterocycles. The number of hydrogen-bond donors (Lipinski definition) is 2. The number of nitrogens with one attached hydrogen (secondary N) is 2. The third kappa shape index (κ3) is 3.34. The zero-order valence-corrected chi connectivity index (χ0v) is 10.5.